The van der Waals surface area contributed by atoms with Gasteiger partial charge in [-0.3, -0.25) is 9.67 Å². The number of piperidine rings is 1. The number of nitrogens with zero attached hydrogens (tertiary/aromatic N) is 5. The maximum Gasteiger partial charge on any atom is 0.193 e. The number of rotatable bonds is 7. The number of hydrogen-bond donors (Lipinski definition) is 1. The molecule has 7 heteroatoms. The van der Waals surface area contributed by atoms with Gasteiger partial charge >= 0.3 is 0 Å². The standard InChI is InChI=1S/C20H38N6.HI/c1-16(2)19-18(15-25(6)23-19)14-24(5)20(21-4)22-10-7-11-26-12-8-17(3)9-13-26;/h15-17H,7-14H2,1-6H3,(H,21,22);1H. The average molecular weight is 490 g/mol. The van der Waals surface area contributed by atoms with Crippen LogP contribution < -0.4 is 5.32 Å². The highest BCUT2D eigenvalue weighted by Gasteiger charge is 2.16. The van der Waals surface area contributed by atoms with Crippen molar-refractivity contribution in [1.82, 2.24) is 24.9 Å². The van der Waals surface area contributed by atoms with Crippen LogP contribution in [0.1, 0.15) is 57.2 Å². The largest absolute Gasteiger partial charge is 0.356 e. The van der Waals surface area contributed by atoms with Crippen LogP contribution in [-0.4, -0.2) is 65.8 Å². The minimum atomic E-state index is 0. The summed E-state index contributed by atoms with van der Waals surface area (Å²) in [5.74, 6) is 2.29. The molecule has 1 aliphatic rings. The van der Waals surface area contributed by atoms with E-state index in [1.807, 2.05) is 18.8 Å². The fraction of sp³-hybridized carbons (Fsp3) is 0.800. The molecule has 2 rings (SSSR count). The van der Waals surface area contributed by atoms with Gasteiger partial charge in [0.25, 0.3) is 0 Å². The summed E-state index contributed by atoms with van der Waals surface area (Å²) in [4.78, 5) is 9.23. The fourth-order valence-corrected chi connectivity index (χ4v) is 3.67. The van der Waals surface area contributed by atoms with Gasteiger partial charge in [-0.2, -0.15) is 5.10 Å². The summed E-state index contributed by atoms with van der Waals surface area (Å²) in [7, 11) is 5.94. The predicted molar refractivity (Wildman–Crippen MR) is 125 cm³/mol. The first-order valence-electron chi connectivity index (χ1n) is 10.1. The highest BCUT2D eigenvalue weighted by Crippen LogP contribution is 2.18. The van der Waals surface area contributed by atoms with Gasteiger partial charge in [-0.05, 0) is 50.7 Å². The van der Waals surface area contributed by atoms with E-state index < -0.39 is 0 Å². The second-order valence-corrected chi connectivity index (χ2v) is 8.08. The molecule has 0 bridgehead atoms. The molecule has 1 aromatic rings. The zero-order chi connectivity index (χ0) is 19.1. The minimum absolute atomic E-state index is 0. The number of likely N-dealkylation sites (tertiary alicyclic amines) is 1. The number of nitrogens with one attached hydrogen (secondary N) is 1. The van der Waals surface area contributed by atoms with Crippen molar-refractivity contribution in [3.05, 3.63) is 17.5 Å². The van der Waals surface area contributed by atoms with Crippen molar-refractivity contribution < 1.29 is 0 Å². The second kappa shape index (κ2) is 11.9. The molecule has 2 heterocycles. The summed E-state index contributed by atoms with van der Waals surface area (Å²) < 4.78 is 1.91. The maximum absolute atomic E-state index is 4.61. The van der Waals surface area contributed by atoms with Crippen LogP contribution in [0.2, 0.25) is 0 Å². The van der Waals surface area contributed by atoms with Gasteiger partial charge in [0.1, 0.15) is 0 Å². The first kappa shape index (κ1) is 24.2. The first-order valence-corrected chi connectivity index (χ1v) is 10.1. The summed E-state index contributed by atoms with van der Waals surface area (Å²) in [6.07, 6.45) is 5.98. The number of halogens is 1. The van der Waals surface area contributed by atoms with Gasteiger partial charge in [0, 0.05) is 46.0 Å². The molecule has 1 fully saturated rings. The highest BCUT2D eigenvalue weighted by molar-refractivity contribution is 14.0. The van der Waals surface area contributed by atoms with Crippen molar-refractivity contribution in [1.29, 1.82) is 0 Å². The zero-order valence-corrected chi connectivity index (χ0v) is 20.4. The molecule has 156 valence electrons. The number of aryl methyl sites for hydroxylation is 1. The third-order valence-electron chi connectivity index (χ3n) is 5.28. The molecule has 0 spiro atoms. The summed E-state index contributed by atoms with van der Waals surface area (Å²) in [6, 6.07) is 0. The molecule has 1 saturated heterocycles. The van der Waals surface area contributed by atoms with Gasteiger partial charge in [-0.25, -0.2) is 0 Å². The molecule has 1 aliphatic heterocycles. The zero-order valence-electron chi connectivity index (χ0n) is 18.0. The molecule has 0 radical (unpaired) electrons. The van der Waals surface area contributed by atoms with E-state index in [2.05, 4.69) is 59.2 Å². The topological polar surface area (TPSA) is 48.7 Å². The van der Waals surface area contributed by atoms with Crippen LogP contribution in [0, 0.1) is 5.92 Å². The quantitative estimate of drug-likeness (QED) is 0.276. The van der Waals surface area contributed by atoms with E-state index in [9.17, 15) is 0 Å². The van der Waals surface area contributed by atoms with E-state index in [4.69, 9.17) is 0 Å². The van der Waals surface area contributed by atoms with Crippen LogP contribution in [0.25, 0.3) is 0 Å². The molecule has 0 aromatic carbocycles. The van der Waals surface area contributed by atoms with Gasteiger partial charge in [-0.15, -0.1) is 24.0 Å². The smallest absolute Gasteiger partial charge is 0.193 e. The average Bonchev–Trinajstić information content (AvgIpc) is 2.97. The Kier molecular flexibility index (Phi) is 10.7. The molecule has 27 heavy (non-hydrogen) atoms. The van der Waals surface area contributed by atoms with Crippen molar-refractivity contribution >= 4 is 29.9 Å². The highest BCUT2D eigenvalue weighted by atomic mass is 127. The van der Waals surface area contributed by atoms with E-state index >= 15 is 0 Å². The van der Waals surface area contributed by atoms with E-state index in [1.54, 1.807) is 0 Å². The Labute approximate surface area is 182 Å². The molecule has 1 N–H and O–H groups in total. The number of guanidine groups is 1. The third-order valence-corrected chi connectivity index (χ3v) is 5.28. The third kappa shape index (κ3) is 7.60. The van der Waals surface area contributed by atoms with Crippen LogP contribution >= 0.6 is 24.0 Å². The Morgan fingerprint density at radius 3 is 2.63 bits per heavy atom. The van der Waals surface area contributed by atoms with Crippen LogP contribution in [0.5, 0.6) is 0 Å². The lowest BCUT2D eigenvalue weighted by Crippen LogP contribution is -2.40. The number of aromatic nitrogens is 2. The second-order valence-electron chi connectivity index (χ2n) is 8.08. The van der Waals surface area contributed by atoms with Crippen LogP contribution in [0.15, 0.2) is 11.2 Å². The molecular weight excluding hydrogens is 451 g/mol. The van der Waals surface area contributed by atoms with Gasteiger partial charge < -0.3 is 15.1 Å². The van der Waals surface area contributed by atoms with E-state index in [0.717, 1.165) is 31.4 Å². The fourth-order valence-electron chi connectivity index (χ4n) is 3.67. The molecule has 0 saturated carbocycles. The molecule has 6 nitrogen and oxygen atoms in total. The summed E-state index contributed by atoms with van der Waals surface area (Å²) in [5.41, 5.74) is 2.45. The Hall–Kier alpha value is -0.830. The van der Waals surface area contributed by atoms with Crippen molar-refractivity contribution in [3.63, 3.8) is 0 Å². The Morgan fingerprint density at radius 1 is 1.37 bits per heavy atom. The van der Waals surface area contributed by atoms with Crippen molar-refractivity contribution in [2.24, 2.45) is 18.0 Å². The lowest BCUT2D eigenvalue weighted by atomic mass is 9.99. The normalized spacial score (nSPS) is 16.5. The molecular formula is C20H39IN6. The lowest BCUT2D eigenvalue weighted by Gasteiger charge is -2.30. The summed E-state index contributed by atoms with van der Waals surface area (Å²) in [6.45, 7) is 12.2. The molecule has 0 amide bonds. The Morgan fingerprint density at radius 2 is 2.04 bits per heavy atom. The van der Waals surface area contributed by atoms with Crippen LogP contribution in [0.4, 0.5) is 0 Å². The van der Waals surface area contributed by atoms with Crippen LogP contribution in [-0.2, 0) is 13.6 Å². The van der Waals surface area contributed by atoms with Crippen molar-refractivity contribution in [2.45, 2.75) is 52.5 Å². The number of aliphatic imine (C=N–C) groups is 1. The van der Waals surface area contributed by atoms with Crippen molar-refractivity contribution in [2.75, 3.05) is 40.3 Å². The van der Waals surface area contributed by atoms with Gasteiger partial charge in [0.05, 0.1) is 5.69 Å². The monoisotopic (exact) mass is 490 g/mol. The minimum Gasteiger partial charge on any atom is -0.356 e. The Balaban J connectivity index is 0.00000364. The number of hydrogen-bond acceptors (Lipinski definition) is 3. The lowest BCUT2D eigenvalue weighted by molar-refractivity contribution is 0.191. The van der Waals surface area contributed by atoms with Gasteiger partial charge in [0.2, 0.25) is 0 Å². The van der Waals surface area contributed by atoms with Gasteiger partial charge in [0.15, 0.2) is 5.96 Å². The molecule has 0 unspecified atom stereocenters. The molecule has 0 atom stereocenters. The SMILES string of the molecule is CN=C(NCCCN1CCC(C)CC1)N(C)Cc1cn(C)nc1C(C)C.I. The maximum atomic E-state index is 4.61. The van der Waals surface area contributed by atoms with Crippen LogP contribution in [0.3, 0.4) is 0 Å². The van der Waals surface area contributed by atoms with E-state index in [0.29, 0.717) is 5.92 Å². The van der Waals surface area contributed by atoms with E-state index in [1.165, 1.54) is 43.7 Å². The predicted octanol–water partition coefficient (Wildman–Crippen LogP) is 3.29. The van der Waals surface area contributed by atoms with Crippen molar-refractivity contribution in [3.8, 4) is 0 Å². The first-order chi connectivity index (χ1) is 12.4. The van der Waals surface area contributed by atoms with Gasteiger partial charge in [-0.1, -0.05) is 20.8 Å². The molecule has 1 aromatic heterocycles. The Bertz CT molecular complexity index is 575. The summed E-state index contributed by atoms with van der Waals surface area (Å²) >= 11 is 0. The van der Waals surface area contributed by atoms with E-state index in [-0.39, 0.29) is 24.0 Å². The summed E-state index contributed by atoms with van der Waals surface area (Å²) in [5, 5.41) is 8.12. The molecule has 0 aliphatic carbocycles.